The summed E-state index contributed by atoms with van der Waals surface area (Å²) >= 11 is 0. The molecule has 0 aliphatic carbocycles. The Morgan fingerprint density at radius 2 is 2.11 bits per heavy atom. The van der Waals surface area contributed by atoms with E-state index in [1.54, 1.807) is 25.2 Å². The highest BCUT2D eigenvalue weighted by Crippen LogP contribution is 2.15. The Labute approximate surface area is 102 Å². The summed E-state index contributed by atoms with van der Waals surface area (Å²) in [5, 5.41) is 5.14. The first-order valence-corrected chi connectivity index (χ1v) is 5.15. The van der Waals surface area contributed by atoms with Gasteiger partial charge in [-0.1, -0.05) is 12.1 Å². The summed E-state index contributed by atoms with van der Waals surface area (Å²) in [5.74, 6) is 0. The molecule has 1 amide bonds. The van der Waals surface area contributed by atoms with Crippen LogP contribution in [0.2, 0.25) is 0 Å². The third-order valence-electron chi connectivity index (χ3n) is 1.92. The van der Waals surface area contributed by atoms with Gasteiger partial charge in [-0.05, 0) is 24.7 Å². The molecule has 7 heteroatoms. The van der Waals surface area contributed by atoms with Crippen molar-refractivity contribution in [3.63, 3.8) is 0 Å². The maximum Gasteiger partial charge on any atom is 0.422 e. The lowest BCUT2D eigenvalue weighted by molar-refractivity contribution is -0.159. The molecule has 0 aliphatic heterocycles. The van der Waals surface area contributed by atoms with Crippen LogP contribution in [0.25, 0.3) is 0 Å². The van der Waals surface area contributed by atoms with Crippen molar-refractivity contribution in [2.75, 3.05) is 19.0 Å². The van der Waals surface area contributed by atoms with Crippen molar-refractivity contribution in [2.24, 2.45) is 0 Å². The summed E-state index contributed by atoms with van der Waals surface area (Å²) in [4.78, 5) is 11.1. The zero-order valence-electron chi connectivity index (χ0n) is 9.67. The second-order valence-electron chi connectivity index (χ2n) is 3.55. The summed E-state index contributed by atoms with van der Waals surface area (Å²) in [7, 11) is 1.76. The van der Waals surface area contributed by atoms with E-state index in [9.17, 15) is 18.0 Å². The van der Waals surface area contributed by atoms with Crippen molar-refractivity contribution in [2.45, 2.75) is 12.7 Å². The molecule has 0 aliphatic rings. The summed E-state index contributed by atoms with van der Waals surface area (Å²) in [6, 6.07) is 6.72. The average Bonchev–Trinajstić information content (AvgIpc) is 2.26. The number of halogens is 3. The first-order valence-electron chi connectivity index (χ1n) is 5.15. The molecule has 0 heterocycles. The van der Waals surface area contributed by atoms with Gasteiger partial charge in [0.1, 0.15) is 0 Å². The Morgan fingerprint density at radius 3 is 2.72 bits per heavy atom. The van der Waals surface area contributed by atoms with Gasteiger partial charge in [-0.15, -0.1) is 0 Å². The van der Waals surface area contributed by atoms with Gasteiger partial charge in [-0.2, -0.15) is 13.2 Å². The first-order chi connectivity index (χ1) is 8.40. The van der Waals surface area contributed by atoms with Crippen LogP contribution >= 0.6 is 0 Å². The van der Waals surface area contributed by atoms with Gasteiger partial charge in [0.05, 0.1) is 0 Å². The van der Waals surface area contributed by atoms with Crippen molar-refractivity contribution in [3.05, 3.63) is 29.8 Å². The monoisotopic (exact) mass is 262 g/mol. The van der Waals surface area contributed by atoms with Gasteiger partial charge in [0, 0.05) is 12.2 Å². The lowest BCUT2D eigenvalue weighted by Crippen LogP contribution is -2.23. The van der Waals surface area contributed by atoms with Crippen molar-refractivity contribution in [3.8, 4) is 0 Å². The SMILES string of the molecule is CNCc1cccc(NC(=O)OCC(F)(F)F)c1. The largest absolute Gasteiger partial charge is 0.440 e. The Kier molecular flexibility index (Phi) is 4.96. The summed E-state index contributed by atoms with van der Waals surface area (Å²) in [6.45, 7) is -1.01. The fourth-order valence-corrected chi connectivity index (χ4v) is 1.26. The van der Waals surface area contributed by atoms with E-state index < -0.39 is 18.9 Å². The van der Waals surface area contributed by atoms with E-state index in [-0.39, 0.29) is 0 Å². The highest BCUT2D eigenvalue weighted by molar-refractivity contribution is 5.84. The zero-order valence-corrected chi connectivity index (χ0v) is 9.67. The highest BCUT2D eigenvalue weighted by atomic mass is 19.4. The van der Waals surface area contributed by atoms with E-state index in [1.165, 1.54) is 0 Å². The standard InChI is InChI=1S/C11H13F3N2O2/c1-15-6-8-3-2-4-9(5-8)16-10(17)18-7-11(12,13)14/h2-5,15H,6-7H2,1H3,(H,16,17). The van der Waals surface area contributed by atoms with Crippen molar-refractivity contribution in [1.29, 1.82) is 0 Å². The predicted octanol–water partition coefficient (Wildman–Crippen LogP) is 2.52. The maximum absolute atomic E-state index is 11.8. The fraction of sp³-hybridized carbons (Fsp3) is 0.364. The zero-order chi connectivity index (χ0) is 13.6. The molecule has 0 unspecified atom stereocenters. The molecule has 1 aromatic rings. The van der Waals surface area contributed by atoms with Gasteiger partial charge >= 0.3 is 12.3 Å². The fourth-order valence-electron chi connectivity index (χ4n) is 1.26. The van der Waals surface area contributed by atoms with Crippen LogP contribution in [0.15, 0.2) is 24.3 Å². The third-order valence-corrected chi connectivity index (χ3v) is 1.92. The topological polar surface area (TPSA) is 50.4 Å². The number of rotatable bonds is 4. The van der Waals surface area contributed by atoms with Gasteiger partial charge in [0.15, 0.2) is 6.61 Å². The number of amides is 1. The molecule has 0 aromatic heterocycles. The normalized spacial score (nSPS) is 11.1. The molecule has 0 fully saturated rings. The van der Waals surface area contributed by atoms with Crippen LogP contribution in [0.1, 0.15) is 5.56 Å². The second-order valence-corrected chi connectivity index (χ2v) is 3.55. The number of carbonyl (C=O) groups excluding carboxylic acids is 1. The van der Waals surface area contributed by atoms with Gasteiger partial charge in [-0.25, -0.2) is 4.79 Å². The Hall–Kier alpha value is -1.76. The number of alkyl halides is 3. The van der Waals surface area contributed by atoms with Crippen LogP contribution in [0.3, 0.4) is 0 Å². The van der Waals surface area contributed by atoms with Gasteiger partial charge in [0.2, 0.25) is 0 Å². The average molecular weight is 262 g/mol. The van der Waals surface area contributed by atoms with E-state index >= 15 is 0 Å². The molecule has 1 aromatic carbocycles. The smallest absolute Gasteiger partial charge is 0.422 e. The number of benzene rings is 1. The number of hydrogen-bond donors (Lipinski definition) is 2. The molecule has 2 N–H and O–H groups in total. The molecule has 0 saturated heterocycles. The molecule has 0 radical (unpaired) electrons. The van der Waals surface area contributed by atoms with Gasteiger partial charge in [0.25, 0.3) is 0 Å². The van der Waals surface area contributed by atoms with E-state index in [0.29, 0.717) is 12.2 Å². The van der Waals surface area contributed by atoms with Crippen LogP contribution in [0.4, 0.5) is 23.7 Å². The van der Waals surface area contributed by atoms with Crippen LogP contribution in [-0.4, -0.2) is 25.9 Å². The highest BCUT2D eigenvalue weighted by Gasteiger charge is 2.29. The molecule has 0 saturated carbocycles. The van der Waals surface area contributed by atoms with E-state index in [0.717, 1.165) is 5.56 Å². The molecule has 4 nitrogen and oxygen atoms in total. The third kappa shape index (κ3) is 5.53. The Bertz CT molecular complexity index is 408. The first kappa shape index (κ1) is 14.3. The molecule has 0 atom stereocenters. The molecule has 100 valence electrons. The summed E-state index contributed by atoms with van der Waals surface area (Å²) in [5.41, 5.74) is 1.28. The molecule has 0 spiro atoms. The minimum atomic E-state index is -4.52. The van der Waals surface area contributed by atoms with Gasteiger partial charge in [-0.3, -0.25) is 5.32 Å². The minimum Gasteiger partial charge on any atom is -0.440 e. The Balaban J connectivity index is 2.51. The number of ether oxygens (including phenoxy) is 1. The summed E-state index contributed by atoms with van der Waals surface area (Å²) < 4.78 is 39.4. The molecule has 0 bridgehead atoms. The number of carbonyl (C=O) groups is 1. The molecule has 1 rings (SSSR count). The number of hydrogen-bond acceptors (Lipinski definition) is 3. The van der Waals surface area contributed by atoms with E-state index in [4.69, 9.17) is 0 Å². The summed E-state index contributed by atoms with van der Waals surface area (Å²) in [6.07, 6.45) is -5.65. The van der Waals surface area contributed by atoms with E-state index in [2.05, 4.69) is 15.4 Å². The lowest BCUT2D eigenvalue weighted by Gasteiger charge is -2.10. The maximum atomic E-state index is 11.8. The van der Waals surface area contributed by atoms with Crippen LogP contribution in [0.5, 0.6) is 0 Å². The number of nitrogens with one attached hydrogen (secondary N) is 2. The predicted molar refractivity (Wildman–Crippen MR) is 60.2 cm³/mol. The molecule has 18 heavy (non-hydrogen) atoms. The van der Waals surface area contributed by atoms with E-state index in [1.807, 2.05) is 6.07 Å². The lowest BCUT2D eigenvalue weighted by atomic mass is 10.2. The van der Waals surface area contributed by atoms with Crippen LogP contribution < -0.4 is 10.6 Å². The quantitative estimate of drug-likeness (QED) is 0.876. The van der Waals surface area contributed by atoms with Gasteiger partial charge < -0.3 is 10.1 Å². The van der Waals surface area contributed by atoms with Crippen molar-refractivity contribution >= 4 is 11.8 Å². The van der Waals surface area contributed by atoms with Crippen LogP contribution in [-0.2, 0) is 11.3 Å². The number of anilines is 1. The Morgan fingerprint density at radius 1 is 1.39 bits per heavy atom. The van der Waals surface area contributed by atoms with Crippen molar-refractivity contribution in [1.82, 2.24) is 5.32 Å². The van der Waals surface area contributed by atoms with Crippen LogP contribution in [0, 0.1) is 0 Å². The van der Waals surface area contributed by atoms with Crippen molar-refractivity contribution < 1.29 is 22.7 Å². The minimum absolute atomic E-state index is 0.384. The molecular formula is C11H13F3N2O2. The molecular weight excluding hydrogens is 249 g/mol. The second kappa shape index (κ2) is 6.25.